The van der Waals surface area contributed by atoms with Crippen LogP contribution in [0.2, 0.25) is 5.02 Å². The lowest BCUT2D eigenvalue weighted by atomic mass is 9.94. The average Bonchev–Trinajstić information content (AvgIpc) is 2.97. The van der Waals surface area contributed by atoms with Crippen LogP contribution in [-0.4, -0.2) is 75.6 Å². The van der Waals surface area contributed by atoms with E-state index in [-0.39, 0.29) is 6.04 Å². The molecule has 0 bridgehead atoms. The van der Waals surface area contributed by atoms with Crippen molar-refractivity contribution < 1.29 is 24.1 Å². The molecule has 1 fully saturated rings. The van der Waals surface area contributed by atoms with E-state index < -0.39 is 6.10 Å². The zero-order valence-corrected chi connectivity index (χ0v) is 24.5. The van der Waals surface area contributed by atoms with Gasteiger partial charge in [-0.05, 0) is 35.6 Å². The van der Waals surface area contributed by atoms with Gasteiger partial charge in [-0.3, -0.25) is 9.80 Å². The van der Waals surface area contributed by atoms with Crippen molar-refractivity contribution in [3.63, 3.8) is 0 Å². The summed E-state index contributed by atoms with van der Waals surface area (Å²) >= 11 is 6.53. The Morgan fingerprint density at radius 1 is 0.846 bits per heavy atom. The van der Waals surface area contributed by atoms with Gasteiger partial charge in [-0.2, -0.15) is 0 Å². The molecule has 1 aliphatic heterocycles. The number of aliphatic hydroxyl groups excluding tert-OH is 1. The largest absolute Gasteiger partial charge is 0.495 e. The third-order valence-corrected chi connectivity index (χ3v) is 8.17. The number of hydrogen-bond acceptors (Lipinski definition) is 7. The SMILES string of the molecule is CCCC[C@H]([C@H](O)c1ccc2c(Cl)c(OC)ccc2c1)N1CCN(Cc2ccc(OC)c(OC)c2OC)CC1. The molecule has 7 nitrogen and oxygen atoms in total. The van der Waals surface area contributed by atoms with Gasteiger partial charge in [0.25, 0.3) is 0 Å². The molecule has 0 unspecified atom stereocenters. The molecule has 1 N–H and O–H groups in total. The molecule has 0 saturated carbocycles. The van der Waals surface area contributed by atoms with Gasteiger partial charge in [0.1, 0.15) is 5.75 Å². The van der Waals surface area contributed by atoms with Crippen LogP contribution in [0.1, 0.15) is 43.4 Å². The summed E-state index contributed by atoms with van der Waals surface area (Å²) in [6.45, 7) is 6.53. The van der Waals surface area contributed by atoms with Crippen LogP contribution in [0.3, 0.4) is 0 Å². The Morgan fingerprint density at radius 2 is 1.54 bits per heavy atom. The summed E-state index contributed by atoms with van der Waals surface area (Å²) in [4.78, 5) is 4.88. The van der Waals surface area contributed by atoms with E-state index in [4.69, 9.17) is 30.5 Å². The Kier molecular flexibility index (Phi) is 10.2. The fourth-order valence-electron chi connectivity index (χ4n) is 5.59. The molecule has 1 aliphatic rings. The van der Waals surface area contributed by atoms with E-state index in [1.807, 2.05) is 36.4 Å². The summed E-state index contributed by atoms with van der Waals surface area (Å²) in [7, 11) is 6.54. The Labute approximate surface area is 237 Å². The van der Waals surface area contributed by atoms with E-state index in [0.717, 1.165) is 73.9 Å². The number of halogens is 1. The summed E-state index contributed by atoms with van der Waals surface area (Å²) < 4.78 is 22.1. The molecule has 0 spiro atoms. The van der Waals surface area contributed by atoms with Crippen molar-refractivity contribution in [3.8, 4) is 23.0 Å². The average molecular weight is 557 g/mol. The molecular weight excluding hydrogens is 516 g/mol. The van der Waals surface area contributed by atoms with Gasteiger partial charge >= 0.3 is 0 Å². The van der Waals surface area contributed by atoms with Gasteiger partial charge < -0.3 is 24.1 Å². The van der Waals surface area contributed by atoms with Crippen LogP contribution in [-0.2, 0) is 6.54 Å². The number of methoxy groups -OCH3 is 4. The molecule has 212 valence electrons. The van der Waals surface area contributed by atoms with Gasteiger partial charge in [-0.25, -0.2) is 0 Å². The van der Waals surface area contributed by atoms with Crippen LogP contribution in [0.25, 0.3) is 10.8 Å². The predicted molar refractivity (Wildman–Crippen MR) is 157 cm³/mol. The molecule has 3 aromatic rings. The zero-order valence-electron chi connectivity index (χ0n) is 23.7. The van der Waals surface area contributed by atoms with Crippen LogP contribution in [0, 0.1) is 0 Å². The molecule has 4 rings (SSSR count). The Bertz CT molecular complexity index is 1250. The molecule has 0 amide bonds. The van der Waals surface area contributed by atoms with Gasteiger partial charge in [-0.1, -0.05) is 55.6 Å². The number of nitrogens with zero attached hydrogens (tertiary/aromatic N) is 2. The van der Waals surface area contributed by atoms with Gasteiger partial charge in [0, 0.05) is 49.7 Å². The minimum absolute atomic E-state index is 0.0499. The number of piperazine rings is 1. The van der Waals surface area contributed by atoms with Crippen molar-refractivity contribution >= 4 is 22.4 Å². The maximum absolute atomic E-state index is 11.6. The monoisotopic (exact) mass is 556 g/mol. The van der Waals surface area contributed by atoms with Crippen LogP contribution in [0.15, 0.2) is 42.5 Å². The van der Waals surface area contributed by atoms with E-state index in [1.165, 1.54) is 0 Å². The minimum Gasteiger partial charge on any atom is -0.495 e. The van der Waals surface area contributed by atoms with Gasteiger partial charge in [0.2, 0.25) is 5.75 Å². The van der Waals surface area contributed by atoms with Crippen LogP contribution >= 0.6 is 11.6 Å². The summed E-state index contributed by atoms with van der Waals surface area (Å²) in [5, 5.41) is 14.1. The number of hydrogen-bond donors (Lipinski definition) is 1. The number of fused-ring (bicyclic) bond motifs is 1. The summed E-state index contributed by atoms with van der Waals surface area (Å²) in [5.74, 6) is 2.64. The number of benzene rings is 3. The maximum Gasteiger partial charge on any atom is 0.203 e. The first-order chi connectivity index (χ1) is 18.9. The molecule has 0 aliphatic carbocycles. The lowest BCUT2D eigenvalue weighted by Gasteiger charge is -2.41. The van der Waals surface area contributed by atoms with Crippen molar-refractivity contribution in [2.24, 2.45) is 0 Å². The number of unbranched alkanes of at least 4 members (excludes halogenated alkanes) is 1. The topological polar surface area (TPSA) is 63.6 Å². The summed E-state index contributed by atoms with van der Waals surface area (Å²) in [5.41, 5.74) is 1.99. The molecule has 39 heavy (non-hydrogen) atoms. The first-order valence-electron chi connectivity index (χ1n) is 13.6. The smallest absolute Gasteiger partial charge is 0.203 e. The van der Waals surface area contributed by atoms with Gasteiger partial charge in [0.05, 0.1) is 39.6 Å². The lowest BCUT2D eigenvalue weighted by molar-refractivity contribution is 0.0111. The molecule has 0 radical (unpaired) electrons. The third kappa shape index (κ3) is 6.38. The van der Waals surface area contributed by atoms with Crippen molar-refractivity contribution in [2.45, 2.75) is 44.9 Å². The molecule has 3 aromatic carbocycles. The fraction of sp³-hybridized carbons (Fsp3) is 0.484. The fourth-order valence-corrected chi connectivity index (χ4v) is 5.90. The van der Waals surface area contributed by atoms with Crippen molar-refractivity contribution in [2.75, 3.05) is 54.6 Å². The van der Waals surface area contributed by atoms with E-state index >= 15 is 0 Å². The lowest BCUT2D eigenvalue weighted by Crippen LogP contribution is -2.51. The van der Waals surface area contributed by atoms with E-state index in [2.05, 4.69) is 22.8 Å². The number of aliphatic hydroxyl groups is 1. The van der Waals surface area contributed by atoms with Gasteiger partial charge in [-0.15, -0.1) is 0 Å². The Morgan fingerprint density at radius 3 is 2.18 bits per heavy atom. The highest BCUT2D eigenvalue weighted by atomic mass is 35.5. The Hall–Kier alpha value is -2.71. The second kappa shape index (κ2) is 13.6. The first-order valence-corrected chi connectivity index (χ1v) is 14.0. The molecule has 8 heteroatoms. The minimum atomic E-state index is -0.584. The van der Waals surface area contributed by atoms with E-state index in [1.54, 1.807) is 28.4 Å². The van der Waals surface area contributed by atoms with Crippen molar-refractivity contribution in [1.82, 2.24) is 9.80 Å². The molecular formula is C31H41ClN2O5. The second-order valence-corrected chi connectivity index (χ2v) is 10.4. The summed E-state index contributed by atoms with van der Waals surface area (Å²) in [6.07, 6.45) is 2.53. The third-order valence-electron chi connectivity index (χ3n) is 7.78. The quantitative estimate of drug-likeness (QED) is 0.296. The highest BCUT2D eigenvalue weighted by Crippen LogP contribution is 2.40. The first kappa shape index (κ1) is 29.3. The van der Waals surface area contributed by atoms with Crippen LogP contribution in [0.4, 0.5) is 0 Å². The highest BCUT2D eigenvalue weighted by Gasteiger charge is 2.30. The second-order valence-electron chi connectivity index (χ2n) is 10.0. The van der Waals surface area contributed by atoms with Crippen molar-refractivity contribution in [3.05, 3.63) is 58.6 Å². The number of rotatable bonds is 12. The van der Waals surface area contributed by atoms with E-state index in [0.29, 0.717) is 28.0 Å². The molecule has 1 heterocycles. The molecule has 0 aromatic heterocycles. The summed E-state index contributed by atoms with van der Waals surface area (Å²) in [6, 6.07) is 13.9. The highest BCUT2D eigenvalue weighted by molar-refractivity contribution is 6.37. The normalized spacial score (nSPS) is 16.2. The maximum atomic E-state index is 11.6. The number of ether oxygens (including phenoxy) is 4. The van der Waals surface area contributed by atoms with Gasteiger partial charge in [0.15, 0.2) is 11.5 Å². The standard InChI is InChI=1S/C31H41ClN2O5/c1-6-7-8-25(29(35)22-9-12-24-21(19-22)10-13-26(36-2)28(24)32)34-17-15-33(16-18-34)20-23-11-14-27(37-3)31(39-5)30(23)38-4/h9-14,19,25,29,35H,6-8,15-18,20H2,1-5H3/t25-,29-/m1/s1. The zero-order chi connectivity index (χ0) is 27.9. The van der Waals surface area contributed by atoms with Crippen LogP contribution in [0.5, 0.6) is 23.0 Å². The van der Waals surface area contributed by atoms with E-state index in [9.17, 15) is 5.11 Å². The predicted octanol–water partition coefficient (Wildman–Crippen LogP) is 5.94. The molecule has 1 saturated heterocycles. The van der Waals surface area contributed by atoms with Crippen molar-refractivity contribution in [1.29, 1.82) is 0 Å². The molecule has 2 atom stereocenters. The Balaban J connectivity index is 1.48. The van der Waals surface area contributed by atoms with Crippen LogP contribution < -0.4 is 18.9 Å².